The van der Waals surface area contributed by atoms with Gasteiger partial charge in [0.1, 0.15) is 0 Å². The molecule has 0 rings (SSSR count). The predicted molar refractivity (Wildman–Crippen MR) is 59.5 cm³/mol. The van der Waals surface area contributed by atoms with E-state index in [0.717, 1.165) is 0 Å². The average molecular weight is 199 g/mol. The Morgan fingerprint density at radius 2 is 2.00 bits per heavy atom. The highest BCUT2D eigenvalue weighted by molar-refractivity contribution is 6.40. The van der Waals surface area contributed by atoms with Crippen LogP contribution in [0.2, 0.25) is 0 Å². The van der Waals surface area contributed by atoms with Gasteiger partial charge in [-0.05, 0) is 7.05 Å². The van der Waals surface area contributed by atoms with E-state index in [-0.39, 0.29) is 17.4 Å². The van der Waals surface area contributed by atoms with E-state index in [1.54, 1.807) is 7.05 Å². The maximum atomic E-state index is 11.3. The molecule has 0 fully saturated rings. The van der Waals surface area contributed by atoms with Crippen molar-refractivity contribution in [1.29, 1.82) is 0 Å². The van der Waals surface area contributed by atoms with E-state index in [0.29, 0.717) is 12.3 Å². The molecule has 0 aliphatic heterocycles. The topological polar surface area (TPSA) is 67.5 Å². The summed E-state index contributed by atoms with van der Waals surface area (Å²) in [6, 6.07) is 0. The minimum absolute atomic E-state index is 0.0146. The Morgan fingerprint density at radius 1 is 1.50 bits per heavy atom. The third-order valence-corrected chi connectivity index (χ3v) is 1.86. The molecule has 0 bridgehead atoms. The van der Waals surface area contributed by atoms with Crippen molar-refractivity contribution in [2.45, 2.75) is 33.9 Å². The largest absolute Gasteiger partial charge is 0.314 e. The molecule has 0 aromatic carbocycles. The maximum absolute atomic E-state index is 11.3. The quantitative estimate of drug-likeness (QED) is 0.513. The molecule has 0 aromatic heterocycles. The smallest absolute Gasteiger partial charge is 0.174 e. The van der Waals surface area contributed by atoms with Gasteiger partial charge in [0.05, 0.1) is 18.4 Å². The zero-order chi connectivity index (χ0) is 11.4. The number of carbonyl (C=O) groups is 1. The molecule has 0 saturated heterocycles. The molecule has 14 heavy (non-hydrogen) atoms. The van der Waals surface area contributed by atoms with Gasteiger partial charge in [0, 0.05) is 12.3 Å². The van der Waals surface area contributed by atoms with Crippen LogP contribution in [-0.2, 0) is 4.79 Å². The molecule has 0 heterocycles. The minimum Gasteiger partial charge on any atom is -0.314 e. The summed E-state index contributed by atoms with van der Waals surface area (Å²) in [5, 5.41) is 2.87. The van der Waals surface area contributed by atoms with Crippen LogP contribution in [-0.4, -0.2) is 31.3 Å². The van der Waals surface area contributed by atoms with Crippen LogP contribution < -0.4 is 11.1 Å². The zero-order valence-electron chi connectivity index (χ0n) is 9.72. The molecule has 82 valence electrons. The van der Waals surface area contributed by atoms with Gasteiger partial charge in [-0.15, -0.1) is 0 Å². The van der Waals surface area contributed by atoms with Gasteiger partial charge in [0.15, 0.2) is 5.78 Å². The third kappa shape index (κ3) is 4.48. The molecule has 1 atom stereocenters. The molecule has 4 nitrogen and oxygen atoms in total. The molecule has 0 aromatic rings. The van der Waals surface area contributed by atoms with Crippen molar-refractivity contribution in [1.82, 2.24) is 5.32 Å². The van der Waals surface area contributed by atoms with Crippen LogP contribution >= 0.6 is 0 Å². The lowest BCUT2D eigenvalue weighted by atomic mass is 9.88. The summed E-state index contributed by atoms with van der Waals surface area (Å²) in [5.41, 5.74) is 6.03. The van der Waals surface area contributed by atoms with Crippen LogP contribution in [0.5, 0.6) is 0 Å². The van der Waals surface area contributed by atoms with E-state index in [2.05, 4.69) is 10.3 Å². The minimum atomic E-state index is -0.209. The highest BCUT2D eigenvalue weighted by Crippen LogP contribution is 2.16. The molecule has 0 aliphatic rings. The first kappa shape index (κ1) is 13.3. The van der Waals surface area contributed by atoms with Crippen molar-refractivity contribution in [3.05, 3.63) is 0 Å². The van der Waals surface area contributed by atoms with Gasteiger partial charge in [-0.3, -0.25) is 9.79 Å². The summed E-state index contributed by atoms with van der Waals surface area (Å²) in [6.45, 7) is 7.88. The van der Waals surface area contributed by atoms with Crippen LogP contribution in [0, 0.1) is 5.41 Å². The number of aliphatic imine (C=N–C) groups is 1. The van der Waals surface area contributed by atoms with Crippen LogP contribution in [0.4, 0.5) is 0 Å². The fraction of sp³-hybridized carbons (Fsp3) is 0.800. The van der Waals surface area contributed by atoms with Gasteiger partial charge in [-0.1, -0.05) is 20.8 Å². The lowest BCUT2D eigenvalue weighted by molar-refractivity contribution is -0.111. The second kappa shape index (κ2) is 5.22. The number of rotatable bonds is 4. The first-order valence-corrected chi connectivity index (χ1v) is 4.77. The summed E-state index contributed by atoms with van der Waals surface area (Å²) in [4.78, 5) is 15.5. The Labute approximate surface area is 86.0 Å². The molecule has 0 aliphatic carbocycles. The maximum Gasteiger partial charge on any atom is 0.174 e. The van der Waals surface area contributed by atoms with Crippen molar-refractivity contribution >= 4 is 11.5 Å². The summed E-state index contributed by atoms with van der Waals surface area (Å²) >= 11 is 0. The summed E-state index contributed by atoms with van der Waals surface area (Å²) in [5.74, 6) is 0.0146. The summed E-state index contributed by atoms with van der Waals surface area (Å²) in [6.07, 6.45) is -0.188. The average Bonchev–Trinajstić information content (AvgIpc) is 2.01. The molecule has 0 spiro atoms. The van der Waals surface area contributed by atoms with Crippen LogP contribution in [0.1, 0.15) is 27.7 Å². The number of Topliss-reactive ketones (excluding diaryl/α,β-unsaturated/α-hetero) is 1. The highest BCUT2D eigenvalue weighted by atomic mass is 16.1. The SMILES string of the molecule is CNC(N)CN=C(C(C)=O)C(C)(C)C. The third-order valence-electron chi connectivity index (χ3n) is 1.86. The molecule has 0 saturated carbocycles. The van der Waals surface area contributed by atoms with E-state index >= 15 is 0 Å². The van der Waals surface area contributed by atoms with Crippen LogP contribution in [0.25, 0.3) is 0 Å². The second-order valence-corrected chi connectivity index (χ2v) is 4.39. The Hall–Kier alpha value is -0.740. The highest BCUT2D eigenvalue weighted by Gasteiger charge is 2.22. The number of hydrogen-bond donors (Lipinski definition) is 2. The molecule has 3 N–H and O–H groups in total. The number of likely N-dealkylation sites (N-methyl/N-ethyl adjacent to an activating group) is 1. The summed E-state index contributed by atoms with van der Waals surface area (Å²) in [7, 11) is 1.77. The van der Waals surface area contributed by atoms with Gasteiger partial charge in [0.2, 0.25) is 0 Å². The molecule has 1 unspecified atom stereocenters. The fourth-order valence-corrected chi connectivity index (χ4v) is 1.16. The number of hydrogen-bond acceptors (Lipinski definition) is 4. The zero-order valence-corrected chi connectivity index (χ0v) is 9.72. The second-order valence-electron chi connectivity index (χ2n) is 4.39. The van der Waals surface area contributed by atoms with E-state index in [4.69, 9.17) is 5.73 Å². The molecule has 0 radical (unpaired) electrons. The standard InChI is InChI=1S/C10H21N3O/c1-7(14)9(10(2,3)4)13-6-8(11)12-5/h8,12H,6,11H2,1-5H3. The van der Waals surface area contributed by atoms with E-state index in [1.165, 1.54) is 6.92 Å². The lowest BCUT2D eigenvalue weighted by Crippen LogP contribution is -2.38. The Morgan fingerprint density at radius 3 is 2.29 bits per heavy atom. The van der Waals surface area contributed by atoms with Crippen molar-refractivity contribution in [2.75, 3.05) is 13.6 Å². The molecular weight excluding hydrogens is 178 g/mol. The first-order valence-electron chi connectivity index (χ1n) is 4.77. The monoisotopic (exact) mass is 199 g/mol. The van der Waals surface area contributed by atoms with Gasteiger partial charge < -0.3 is 11.1 Å². The predicted octanol–water partition coefficient (Wildman–Crippen LogP) is 0.567. The van der Waals surface area contributed by atoms with Crippen LogP contribution in [0.15, 0.2) is 4.99 Å². The van der Waals surface area contributed by atoms with Gasteiger partial charge in [-0.25, -0.2) is 0 Å². The Kier molecular flexibility index (Phi) is 4.94. The van der Waals surface area contributed by atoms with Crippen molar-refractivity contribution in [3.63, 3.8) is 0 Å². The number of nitrogens with two attached hydrogens (primary N) is 1. The summed E-state index contributed by atoms with van der Waals surface area (Å²) < 4.78 is 0. The van der Waals surface area contributed by atoms with Gasteiger partial charge in [0.25, 0.3) is 0 Å². The van der Waals surface area contributed by atoms with Crippen LogP contribution in [0.3, 0.4) is 0 Å². The molecule has 0 amide bonds. The first-order chi connectivity index (χ1) is 6.29. The molecule has 4 heteroatoms. The Balaban J connectivity index is 4.59. The Bertz CT molecular complexity index is 228. The number of nitrogens with one attached hydrogen (secondary N) is 1. The number of nitrogens with zero attached hydrogens (tertiary/aromatic N) is 1. The van der Waals surface area contributed by atoms with Crippen molar-refractivity contribution in [2.24, 2.45) is 16.1 Å². The fourth-order valence-electron chi connectivity index (χ4n) is 1.16. The van der Waals surface area contributed by atoms with E-state index in [1.807, 2.05) is 20.8 Å². The number of carbonyl (C=O) groups excluding carboxylic acids is 1. The van der Waals surface area contributed by atoms with E-state index < -0.39 is 0 Å². The molecular formula is C10H21N3O. The van der Waals surface area contributed by atoms with Crippen molar-refractivity contribution in [3.8, 4) is 0 Å². The van der Waals surface area contributed by atoms with E-state index in [9.17, 15) is 4.79 Å². The van der Waals surface area contributed by atoms with Gasteiger partial charge in [-0.2, -0.15) is 0 Å². The van der Waals surface area contributed by atoms with Crippen molar-refractivity contribution < 1.29 is 4.79 Å². The van der Waals surface area contributed by atoms with Gasteiger partial charge >= 0.3 is 0 Å². The number of ketones is 1. The lowest BCUT2D eigenvalue weighted by Gasteiger charge is -2.20. The normalized spacial score (nSPS) is 15.4.